The Kier molecular flexibility index (Phi) is 4.89. The predicted octanol–water partition coefficient (Wildman–Crippen LogP) is 2.27. The van der Waals surface area contributed by atoms with Crippen molar-refractivity contribution < 1.29 is 14.7 Å². The lowest BCUT2D eigenvalue weighted by molar-refractivity contribution is -0.142. The van der Waals surface area contributed by atoms with Crippen molar-refractivity contribution in [3.63, 3.8) is 0 Å². The average Bonchev–Trinajstić information content (AvgIpc) is 2.67. The van der Waals surface area contributed by atoms with Gasteiger partial charge in [-0.1, -0.05) is 20.3 Å². The molecule has 0 radical (unpaired) electrons. The van der Waals surface area contributed by atoms with Crippen molar-refractivity contribution in [3.8, 4) is 0 Å². The van der Waals surface area contributed by atoms with Gasteiger partial charge in [-0.05, 0) is 31.1 Å². The number of urea groups is 1. The van der Waals surface area contributed by atoms with Gasteiger partial charge in [-0.2, -0.15) is 0 Å². The second kappa shape index (κ2) is 6.46. The van der Waals surface area contributed by atoms with Crippen LogP contribution in [0.2, 0.25) is 0 Å². The molecule has 1 N–H and O–H groups in total. The number of hydrogen-bond donors (Lipinski definition) is 1. The highest BCUT2D eigenvalue weighted by molar-refractivity contribution is 5.77. The molecule has 2 heterocycles. The number of amides is 2. The van der Waals surface area contributed by atoms with Crippen molar-refractivity contribution in [1.29, 1.82) is 0 Å². The van der Waals surface area contributed by atoms with Gasteiger partial charge in [0.2, 0.25) is 0 Å². The third-order valence-corrected chi connectivity index (χ3v) is 4.90. The maximum Gasteiger partial charge on any atom is 0.320 e. The SMILES string of the molecule is CCC1CCCN(C(=O)N2C[C@@H](C)[C@H](C(=O)O)C2)CC1. The number of nitrogens with zero attached hydrogens (tertiary/aromatic N) is 2. The molecule has 5 heteroatoms. The van der Waals surface area contributed by atoms with Crippen molar-refractivity contribution in [3.05, 3.63) is 0 Å². The van der Waals surface area contributed by atoms with E-state index in [1.807, 2.05) is 11.8 Å². The molecule has 114 valence electrons. The molecule has 2 aliphatic rings. The molecule has 2 rings (SSSR count). The van der Waals surface area contributed by atoms with Crippen LogP contribution in [0, 0.1) is 17.8 Å². The van der Waals surface area contributed by atoms with Gasteiger partial charge in [-0.15, -0.1) is 0 Å². The number of carboxylic acid groups (broad SMARTS) is 1. The van der Waals surface area contributed by atoms with Gasteiger partial charge in [-0.3, -0.25) is 4.79 Å². The monoisotopic (exact) mass is 282 g/mol. The molecule has 0 aromatic rings. The molecule has 5 nitrogen and oxygen atoms in total. The van der Waals surface area contributed by atoms with Gasteiger partial charge < -0.3 is 14.9 Å². The highest BCUT2D eigenvalue weighted by Crippen LogP contribution is 2.26. The first-order valence-corrected chi connectivity index (χ1v) is 7.79. The topological polar surface area (TPSA) is 60.9 Å². The van der Waals surface area contributed by atoms with Crippen molar-refractivity contribution in [1.82, 2.24) is 9.80 Å². The molecular formula is C15H26N2O3. The van der Waals surface area contributed by atoms with Gasteiger partial charge in [0.15, 0.2) is 0 Å². The standard InChI is InChI=1S/C15H26N2O3/c1-3-12-5-4-7-16(8-6-12)15(20)17-9-11(2)13(10-17)14(18)19/h11-13H,3-10H2,1-2H3,(H,18,19)/t11-,12?,13-/m1/s1. The van der Waals surface area contributed by atoms with Crippen LogP contribution in [0.15, 0.2) is 0 Å². The van der Waals surface area contributed by atoms with Crippen LogP contribution < -0.4 is 0 Å². The zero-order valence-corrected chi connectivity index (χ0v) is 12.5. The van der Waals surface area contributed by atoms with Crippen molar-refractivity contribution in [2.45, 2.75) is 39.5 Å². The minimum absolute atomic E-state index is 0.0392. The van der Waals surface area contributed by atoms with Gasteiger partial charge in [0, 0.05) is 26.2 Å². The molecule has 2 amide bonds. The molecule has 3 atom stereocenters. The van der Waals surface area contributed by atoms with Crippen LogP contribution in [-0.4, -0.2) is 53.1 Å². The fourth-order valence-electron chi connectivity index (χ4n) is 3.41. The Hall–Kier alpha value is -1.26. The van der Waals surface area contributed by atoms with Gasteiger partial charge in [-0.25, -0.2) is 4.79 Å². The molecule has 0 bridgehead atoms. The van der Waals surface area contributed by atoms with E-state index in [-0.39, 0.29) is 11.9 Å². The van der Waals surface area contributed by atoms with Gasteiger partial charge in [0.1, 0.15) is 0 Å². The highest BCUT2D eigenvalue weighted by atomic mass is 16.4. The Morgan fingerprint density at radius 1 is 1.15 bits per heavy atom. The van der Waals surface area contributed by atoms with E-state index in [1.54, 1.807) is 4.90 Å². The van der Waals surface area contributed by atoms with E-state index in [2.05, 4.69) is 6.92 Å². The molecule has 0 aromatic carbocycles. The second-order valence-corrected chi connectivity index (χ2v) is 6.30. The minimum Gasteiger partial charge on any atom is -0.481 e. The first-order valence-electron chi connectivity index (χ1n) is 7.79. The molecule has 0 aromatic heterocycles. The van der Waals surface area contributed by atoms with Crippen molar-refractivity contribution in [2.75, 3.05) is 26.2 Å². The summed E-state index contributed by atoms with van der Waals surface area (Å²) in [5, 5.41) is 9.15. The lowest BCUT2D eigenvalue weighted by Crippen LogP contribution is -2.43. The highest BCUT2D eigenvalue weighted by Gasteiger charge is 2.38. The molecule has 0 aliphatic carbocycles. The quantitative estimate of drug-likeness (QED) is 0.845. The summed E-state index contributed by atoms with van der Waals surface area (Å²) in [7, 11) is 0. The lowest BCUT2D eigenvalue weighted by Gasteiger charge is -2.27. The Morgan fingerprint density at radius 2 is 1.90 bits per heavy atom. The number of carboxylic acids is 1. The van der Waals surface area contributed by atoms with Crippen molar-refractivity contribution in [2.24, 2.45) is 17.8 Å². The van der Waals surface area contributed by atoms with E-state index < -0.39 is 11.9 Å². The fourth-order valence-corrected chi connectivity index (χ4v) is 3.41. The van der Waals surface area contributed by atoms with Crippen LogP contribution in [0.1, 0.15) is 39.5 Å². The van der Waals surface area contributed by atoms with Crippen molar-refractivity contribution >= 4 is 12.0 Å². The van der Waals surface area contributed by atoms with E-state index in [1.165, 1.54) is 12.8 Å². The molecule has 20 heavy (non-hydrogen) atoms. The molecule has 2 saturated heterocycles. The molecular weight excluding hydrogens is 256 g/mol. The average molecular weight is 282 g/mol. The zero-order chi connectivity index (χ0) is 14.7. The first kappa shape index (κ1) is 15.1. The summed E-state index contributed by atoms with van der Waals surface area (Å²) in [6, 6.07) is 0.0392. The maximum atomic E-state index is 12.5. The van der Waals surface area contributed by atoms with Crippen LogP contribution >= 0.6 is 0 Å². The summed E-state index contributed by atoms with van der Waals surface area (Å²) in [5.41, 5.74) is 0. The number of rotatable bonds is 2. The third kappa shape index (κ3) is 3.25. The van der Waals surface area contributed by atoms with E-state index in [0.29, 0.717) is 13.1 Å². The normalized spacial score (nSPS) is 31.2. The lowest BCUT2D eigenvalue weighted by atomic mass is 9.98. The number of carbonyl (C=O) groups is 2. The van der Waals surface area contributed by atoms with Crippen LogP contribution in [-0.2, 0) is 4.79 Å². The fraction of sp³-hybridized carbons (Fsp3) is 0.867. The molecule has 1 unspecified atom stereocenters. The van der Waals surface area contributed by atoms with E-state index >= 15 is 0 Å². The number of carbonyl (C=O) groups excluding carboxylic acids is 1. The van der Waals surface area contributed by atoms with Crippen LogP contribution in [0.5, 0.6) is 0 Å². The number of aliphatic carboxylic acids is 1. The summed E-state index contributed by atoms with van der Waals surface area (Å²) in [6.07, 6.45) is 4.53. The molecule has 2 aliphatic heterocycles. The number of likely N-dealkylation sites (tertiary alicyclic amines) is 2. The maximum absolute atomic E-state index is 12.5. The summed E-state index contributed by atoms with van der Waals surface area (Å²) in [5.74, 6) is -0.409. The van der Waals surface area contributed by atoms with Crippen LogP contribution in [0.25, 0.3) is 0 Å². The molecule has 0 saturated carbocycles. The first-order chi connectivity index (χ1) is 9.52. The Morgan fingerprint density at radius 3 is 2.50 bits per heavy atom. The van der Waals surface area contributed by atoms with Crippen LogP contribution in [0.4, 0.5) is 4.79 Å². The summed E-state index contributed by atoms with van der Waals surface area (Å²) < 4.78 is 0. The summed E-state index contributed by atoms with van der Waals surface area (Å²) in [6.45, 7) is 6.70. The number of hydrogen-bond acceptors (Lipinski definition) is 2. The predicted molar refractivity (Wildman–Crippen MR) is 76.5 cm³/mol. The smallest absolute Gasteiger partial charge is 0.320 e. The van der Waals surface area contributed by atoms with E-state index in [9.17, 15) is 9.59 Å². The van der Waals surface area contributed by atoms with E-state index in [0.717, 1.165) is 31.8 Å². The minimum atomic E-state index is -0.783. The molecule has 2 fully saturated rings. The van der Waals surface area contributed by atoms with Gasteiger partial charge in [0.05, 0.1) is 5.92 Å². The van der Waals surface area contributed by atoms with E-state index in [4.69, 9.17) is 5.11 Å². The zero-order valence-electron chi connectivity index (χ0n) is 12.5. The van der Waals surface area contributed by atoms with Gasteiger partial charge >= 0.3 is 12.0 Å². The summed E-state index contributed by atoms with van der Waals surface area (Å²) >= 11 is 0. The molecule has 0 spiro atoms. The summed E-state index contributed by atoms with van der Waals surface area (Å²) in [4.78, 5) is 27.3. The Bertz CT molecular complexity index is 372. The van der Waals surface area contributed by atoms with Gasteiger partial charge in [0.25, 0.3) is 0 Å². The Labute approximate surface area is 120 Å². The third-order valence-electron chi connectivity index (χ3n) is 4.90. The largest absolute Gasteiger partial charge is 0.481 e. The van der Waals surface area contributed by atoms with Crippen LogP contribution in [0.3, 0.4) is 0 Å². The Balaban J connectivity index is 1.93. The second-order valence-electron chi connectivity index (χ2n) is 6.30.